The fourth-order valence-corrected chi connectivity index (χ4v) is 3.79. The van der Waals surface area contributed by atoms with E-state index in [1.54, 1.807) is 14.2 Å². The molecule has 0 saturated carbocycles. The number of benzene rings is 2. The number of rotatable bonds is 5. The third-order valence-electron chi connectivity index (χ3n) is 5.01. The van der Waals surface area contributed by atoms with Crippen LogP contribution in [0.25, 0.3) is 0 Å². The minimum Gasteiger partial charge on any atom is -0.495 e. The maximum absolute atomic E-state index is 11.4. The summed E-state index contributed by atoms with van der Waals surface area (Å²) in [5, 5.41) is 7.00. The van der Waals surface area contributed by atoms with E-state index in [2.05, 4.69) is 31.5 Å². The van der Waals surface area contributed by atoms with Crippen molar-refractivity contribution in [2.24, 2.45) is 4.99 Å². The first kappa shape index (κ1) is 21.8. The van der Waals surface area contributed by atoms with Crippen LogP contribution in [0.4, 0.5) is 11.4 Å². The summed E-state index contributed by atoms with van der Waals surface area (Å²) in [6.07, 6.45) is 0. The molecule has 0 radical (unpaired) electrons. The van der Waals surface area contributed by atoms with Gasteiger partial charge in [-0.2, -0.15) is 0 Å². The van der Waals surface area contributed by atoms with Gasteiger partial charge in [0, 0.05) is 46.7 Å². The number of halogens is 1. The van der Waals surface area contributed by atoms with Gasteiger partial charge in [0.05, 0.1) is 23.5 Å². The highest BCUT2D eigenvalue weighted by Crippen LogP contribution is 2.27. The lowest BCUT2D eigenvalue weighted by Gasteiger charge is -2.38. The molecule has 2 aromatic carbocycles. The number of hydrogen-bond acceptors (Lipinski definition) is 4. The normalized spacial score (nSPS) is 14.5. The van der Waals surface area contributed by atoms with Gasteiger partial charge in [0.2, 0.25) is 5.91 Å². The molecule has 7 nitrogen and oxygen atoms in total. The number of carbonyl (C=O) groups is 1. The van der Waals surface area contributed by atoms with Crippen LogP contribution >= 0.6 is 11.6 Å². The summed E-state index contributed by atoms with van der Waals surface area (Å²) in [6.45, 7) is 5.52. The molecule has 2 aromatic rings. The summed E-state index contributed by atoms with van der Waals surface area (Å²) in [5.74, 6) is 1.35. The van der Waals surface area contributed by atoms with Crippen molar-refractivity contribution in [2.75, 3.05) is 50.6 Å². The second kappa shape index (κ2) is 10.2. The average molecular weight is 430 g/mol. The number of anilines is 2. The van der Waals surface area contributed by atoms with Gasteiger partial charge in [-0.3, -0.25) is 9.79 Å². The van der Waals surface area contributed by atoms with Crippen molar-refractivity contribution in [3.63, 3.8) is 0 Å². The molecule has 1 amide bonds. The summed E-state index contributed by atoms with van der Waals surface area (Å²) < 4.78 is 5.32. The van der Waals surface area contributed by atoms with E-state index in [0.29, 0.717) is 18.0 Å². The van der Waals surface area contributed by atoms with Crippen LogP contribution < -0.4 is 20.3 Å². The first-order valence-corrected chi connectivity index (χ1v) is 10.3. The largest absolute Gasteiger partial charge is 0.495 e. The number of nitrogens with one attached hydrogen (secondary N) is 2. The molecule has 0 aromatic heterocycles. The molecule has 160 valence electrons. The summed E-state index contributed by atoms with van der Waals surface area (Å²) >= 11 is 6.34. The number of amides is 1. The van der Waals surface area contributed by atoms with E-state index in [9.17, 15) is 4.79 Å². The second-order valence-corrected chi connectivity index (χ2v) is 7.45. The third-order valence-corrected chi connectivity index (χ3v) is 5.33. The van der Waals surface area contributed by atoms with Crippen molar-refractivity contribution in [1.29, 1.82) is 0 Å². The third kappa shape index (κ3) is 5.36. The van der Waals surface area contributed by atoms with Crippen molar-refractivity contribution in [1.82, 2.24) is 10.2 Å². The fourth-order valence-electron chi connectivity index (χ4n) is 3.53. The Kier molecular flexibility index (Phi) is 7.41. The molecule has 0 bridgehead atoms. The maximum Gasteiger partial charge on any atom is 0.221 e. The van der Waals surface area contributed by atoms with E-state index in [0.717, 1.165) is 48.4 Å². The van der Waals surface area contributed by atoms with Crippen molar-refractivity contribution < 1.29 is 9.53 Å². The van der Waals surface area contributed by atoms with Crippen LogP contribution in [0.5, 0.6) is 5.75 Å². The molecule has 8 heteroatoms. The van der Waals surface area contributed by atoms with Crippen LogP contribution in [0.2, 0.25) is 5.02 Å². The molecule has 0 atom stereocenters. The number of aliphatic imine (C=N–C) groups is 1. The molecule has 1 saturated heterocycles. The Labute approximate surface area is 182 Å². The van der Waals surface area contributed by atoms with Crippen LogP contribution in [-0.2, 0) is 11.3 Å². The van der Waals surface area contributed by atoms with Gasteiger partial charge in [0.15, 0.2) is 5.96 Å². The molecule has 0 aliphatic carbocycles. The Hall–Kier alpha value is -2.93. The number of para-hydroxylation sites is 1. The summed E-state index contributed by atoms with van der Waals surface area (Å²) in [5.41, 5.74) is 2.76. The topological polar surface area (TPSA) is 69.2 Å². The fraction of sp³-hybridized carbons (Fsp3) is 0.364. The van der Waals surface area contributed by atoms with Crippen LogP contribution in [0.15, 0.2) is 47.5 Å². The number of nitrogens with zero attached hydrogens (tertiary/aromatic N) is 3. The smallest absolute Gasteiger partial charge is 0.221 e. The lowest BCUT2D eigenvalue weighted by atomic mass is 10.2. The monoisotopic (exact) mass is 429 g/mol. The van der Waals surface area contributed by atoms with E-state index in [-0.39, 0.29) is 5.91 Å². The van der Waals surface area contributed by atoms with Crippen LogP contribution in [0.3, 0.4) is 0 Å². The van der Waals surface area contributed by atoms with Crippen LogP contribution in [-0.4, -0.2) is 57.1 Å². The molecule has 0 spiro atoms. The van der Waals surface area contributed by atoms with Gasteiger partial charge in [-0.25, -0.2) is 0 Å². The van der Waals surface area contributed by atoms with Gasteiger partial charge in [-0.05, 0) is 29.8 Å². The van der Waals surface area contributed by atoms with Gasteiger partial charge in [0.1, 0.15) is 5.75 Å². The van der Waals surface area contributed by atoms with E-state index in [4.69, 9.17) is 16.3 Å². The van der Waals surface area contributed by atoms with E-state index >= 15 is 0 Å². The number of hydrogen-bond donors (Lipinski definition) is 2. The molecular weight excluding hydrogens is 402 g/mol. The molecule has 1 heterocycles. The van der Waals surface area contributed by atoms with Crippen molar-refractivity contribution in [3.8, 4) is 5.75 Å². The number of guanidine groups is 1. The molecule has 0 unspecified atom stereocenters. The highest BCUT2D eigenvalue weighted by Gasteiger charge is 2.21. The number of ether oxygens (including phenoxy) is 1. The van der Waals surface area contributed by atoms with Gasteiger partial charge in [-0.15, -0.1) is 0 Å². The van der Waals surface area contributed by atoms with Crippen molar-refractivity contribution in [3.05, 3.63) is 53.1 Å². The Morgan fingerprint density at radius 2 is 1.90 bits per heavy atom. The zero-order valence-electron chi connectivity index (χ0n) is 17.6. The predicted molar refractivity (Wildman–Crippen MR) is 123 cm³/mol. The summed E-state index contributed by atoms with van der Waals surface area (Å²) in [7, 11) is 3.38. The Morgan fingerprint density at radius 3 is 2.53 bits per heavy atom. The molecule has 2 N–H and O–H groups in total. The number of piperazine rings is 1. The van der Waals surface area contributed by atoms with E-state index in [1.807, 2.05) is 36.4 Å². The second-order valence-electron chi connectivity index (χ2n) is 7.04. The Bertz CT molecular complexity index is 910. The lowest BCUT2D eigenvalue weighted by molar-refractivity contribution is -0.114. The molecule has 30 heavy (non-hydrogen) atoms. The highest BCUT2D eigenvalue weighted by molar-refractivity contribution is 6.33. The maximum atomic E-state index is 11.4. The zero-order chi connectivity index (χ0) is 21.5. The standard InChI is InChI=1S/C22H28ClN5O2/c1-16(29)26-19-14-17(8-9-21(19)30-3)15-25-22(24-2)28-12-10-27(11-13-28)20-7-5-4-6-18(20)23/h4-9,14H,10-13,15H2,1-3H3,(H,24,25)(H,26,29). The van der Waals surface area contributed by atoms with Crippen LogP contribution in [0, 0.1) is 0 Å². The zero-order valence-corrected chi connectivity index (χ0v) is 18.4. The quantitative estimate of drug-likeness (QED) is 0.564. The molecule has 1 fully saturated rings. The predicted octanol–water partition coefficient (Wildman–Crippen LogP) is 3.20. The first-order valence-electron chi connectivity index (χ1n) is 9.91. The average Bonchev–Trinajstić information content (AvgIpc) is 2.75. The van der Waals surface area contributed by atoms with E-state index < -0.39 is 0 Å². The molecular formula is C22H28ClN5O2. The summed E-state index contributed by atoms with van der Waals surface area (Å²) in [4.78, 5) is 20.4. The van der Waals surface area contributed by atoms with E-state index in [1.165, 1.54) is 6.92 Å². The SMILES string of the molecule is CN=C(NCc1ccc(OC)c(NC(C)=O)c1)N1CCN(c2ccccc2Cl)CC1. The molecule has 1 aliphatic rings. The Balaban J connectivity index is 1.59. The molecule has 1 aliphatic heterocycles. The minimum absolute atomic E-state index is 0.134. The van der Waals surface area contributed by atoms with Crippen molar-refractivity contribution >= 4 is 34.8 Å². The minimum atomic E-state index is -0.134. The Morgan fingerprint density at radius 1 is 1.17 bits per heavy atom. The van der Waals surface area contributed by atoms with Gasteiger partial charge < -0.3 is 25.2 Å². The van der Waals surface area contributed by atoms with Gasteiger partial charge in [-0.1, -0.05) is 29.8 Å². The lowest BCUT2D eigenvalue weighted by Crippen LogP contribution is -2.52. The van der Waals surface area contributed by atoms with Crippen LogP contribution in [0.1, 0.15) is 12.5 Å². The molecule has 3 rings (SSSR count). The van der Waals surface area contributed by atoms with Crippen molar-refractivity contribution in [2.45, 2.75) is 13.5 Å². The first-order chi connectivity index (χ1) is 14.5. The van der Waals surface area contributed by atoms with Gasteiger partial charge >= 0.3 is 0 Å². The van der Waals surface area contributed by atoms with Gasteiger partial charge in [0.25, 0.3) is 0 Å². The number of carbonyl (C=O) groups excluding carboxylic acids is 1. The summed E-state index contributed by atoms with van der Waals surface area (Å²) in [6, 6.07) is 13.7. The number of methoxy groups -OCH3 is 1. The highest BCUT2D eigenvalue weighted by atomic mass is 35.5.